The average Bonchev–Trinajstić information content (AvgIpc) is 2.38. The maximum absolute atomic E-state index is 3.57. The van der Waals surface area contributed by atoms with Gasteiger partial charge in [-0.3, -0.25) is 10.9 Å². The van der Waals surface area contributed by atoms with Crippen LogP contribution in [0.4, 0.5) is 0 Å². The van der Waals surface area contributed by atoms with Crippen molar-refractivity contribution >= 4 is 0 Å². The zero-order valence-corrected chi connectivity index (χ0v) is 12.3. The van der Waals surface area contributed by atoms with Gasteiger partial charge < -0.3 is 9.80 Å². The molecule has 0 atom stereocenters. The Kier molecular flexibility index (Phi) is 5.42. The molecule has 106 valence electrons. The average molecular weight is 254 g/mol. The minimum absolute atomic E-state index is 0.666. The second-order valence-corrected chi connectivity index (χ2v) is 6.27. The lowest BCUT2D eigenvalue weighted by molar-refractivity contribution is 0.145. The van der Waals surface area contributed by atoms with E-state index in [-0.39, 0.29) is 0 Å². The highest BCUT2D eigenvalue weighted by Crippen LogP contribution is 2.13. The first-order chi connectivity index (χ1) is 8.65. The van der Waals surface area contributed by atoms with Crippen molar-refractivity contribution in [3.05, 3.63) is 0 Å². The van der Waals surface area contributed by atoms with Gasteiger partial charge in [-0.05, 0) is 72.8 Å². The van der Waals surface area contributed by atoms with Crippen molar-refractivity contribution in [3.8, 4) is 0 Å². The molecule has 0 spiro atoms. The molecule has 0 radical (unpaired) electrons. The molecule has 2 fully saturated rings. The third kappa shape index (κ3) is 4.19. The van der Waals surface area contributed by atoms with Crippen molar-refractivity contribution in [2.45, 2.75) is 57.7 Å². The number of hydrazine groups is 1. The Morgan fingerprint density at radius 1 is 0.833 bits per heavy atom. The van der Waals surface area contributed by atoms with E-state index in [2.05, 4.69) is 41.5 Å². The summed E-state index contributed by atoms with van der Waals surface area (Å²) >= 11 is 0. The lowest BCUT2D eigenvalue weighted by Crippen LogP contribution is -2.53. The van der Waals surface area contributed by atoms with Gasteiger partial charge in [0.1, 0.15) is 0 Å². The molecule has 0 amide bonds. The van der Waals surface area contributed by atoms with E-state index in [0.29, 0.717) is 18.1 Å². The smallest absolute Gasteiger partial charge is 0.0237 e. The Hall–Kier alpha value is -0.160. The van der Waals surface area contributed by atoms with Gasteiger partial charge in [0.05, 0.1) is 0 Å². The maximum Gasteiger partial charge on any atom is 0.0237 e. The van der Waals surface area contributed by atoms with Crippen LogP contribution in [-0.4, -0.2) is 61.2 Å². The molecule has 2 N–H and O–H groups in total. The summed E-state index contributed by atoms with van der Waals surface area (Å²) in [5, 5.41) is 0. The fourth-order valence-corrected chi connectivity index (χ4v) is 2.95. The first-order valence-electron chi connectivity index (χ1n) is 7.59. The monoisotopic (exact) mass is 254 g/mol. The van der Waals surface area contributed by atoms with Gasteiger partial charge in [-0.2, -0.15) is 0 Å². The third-order valence-electron chi connectivity index (χ3n) is 4.47. The summed E-state index contributed by atoms with van der Waals surface area (Å²) < 4.78 is 0. The van der Waals surface area contributed by atoms with Gasteiger partial charge in [-0.25, -0.2) is 0 Å². The number of rotatable bonds is 4. The summed E-state index contributed by atoms with van der Waals surface area (Å²) in [6.07, 6.45) is 5.10. The lowest BCUT2D eigenvalue weighted by Gasteiger charge is -2.36. The summed E-state index contributed by atoms with van der Waals surface area (Å²) in [7, 11) is 2.21. The molecular weight excluding hydrogens is 224 g/mol. The summed E-state index contributed by atoms with van der Waals surface area (Å²) in [6, 6.07) is 2.04. The van der Waals surface area contributed by atoms with E-state index in [1.165, 1.54) is 51.9 Å². The van der Waals surface area contributed by atoms with Crippen LogP contribution in [0, 0.1) is 0 Å². The molecule has 2 rings (SSSR count). The molecule has 0 saturated carbocycles. The summed E-state index contributed by atoms with van der Waals surface area (Å²) in [4.78, 5) is 4.99. The van der Waals surface area contributed by atoms with Crippen molar-refractivity contribution in [2.75, 3.05) is 33.2 Å². The number of piperidine rings is 2. The molecule has 0 aromatic heterocycles. The van der Waals surface area contributed by atoms with Crippen LogP contribution in [0.1, 0.15) is 39.5 Å². The van der Waals surface area contributed by atoms with Crippen molar-refractivity contribution in [3.63, 3.8) is 0 Å². The Bertz CT molecular complexity index is 228. The van der Waals surface area contributed by atoms with E-state index in [1.807, 2.05) is 0 Å². The van der Waals surface area contributed by atoms with Gasteiger partial charge >= 0.3 is 0 Å². The van der Waals surface area contributed by atoms with Crippen LogP contribution in [0.3, 0.4) is 0 Å². The van der Waals surface area contributed by atoms with Crippen LogP contribution in [0.15, 0.2) is 0 Å². The normalized spacial score (nSPS) is 26.0. The number of hydrogen-bond donors (Lipinski definition) is 2. The Labute approximate surface area is 112 Å². The largest absolute Gasteiger partial charge is 0.306 e. The molecule has 2 heterocycles. The molecule has 2 aliphatic heterocycles. The van der Waals surface area contributed by atoms with Crippen LogP contribution < -0.4 is 10.9 Å². The van der Waals surface area contributed by atoms with Gasteiger partial charge in [-0.15, -0.1) is 0 Å². The minimum Gasteiger partial charge on any atom is -0.306 e. The Morgan fingerprint density at radius 2 is 1.28 bits per heavy atom. The molecular formula is C14H30N4. The quantitative estimate of drug-likeness (QED) is 0.734. The van der Waals surface area contributed by atoms with Gasteiger partial charge in [0.25, 0.3) is 0 Å². The van der Waals surface area contributed by atoms with Gasteiger partial charge in [-0.1, -0.05) is 0 Å². The Morgan fingerprint density at radius 3 is 1.72 bits per heavy atom. The number of hydrogen-bond acceptors (Lipinski definition) is 4. The lowest BCUT2D eigenvalue weighted by atomic mass is 10.0. The molecule has 2 aliphatic rings. The summed E-state index contributed by atoms with van der Waals surface area (Å²) in [5.74, 6) is 0. The van der Waals surface area contributed by atoms with E-state index in [1.54, 1.807) is 0 Å². The second kappa shape index (κ2) is 6.85. The van der Waals surface area contributed by atoms with Crippen LogP contribution in [-0.2, 0) is 0 Å². The molecule has 2 saturated heterocycles. The summed E-state index contributed by atoms with van der Waals surface area (Å²) in [6.45, 7) is 9.53. The van der Waals surface area contributed by atoms with Gasteiger partial charge in [0.2, 0.25) is 0 Å². The second-order valence-electron chi connectivity index (χ2n) is 6.27. The van der Waals surface area contributed by atoms with E-state index < -0.39 is 0 Å². The fraction of sp³-hybridized carbons (Fsp3) is 1.00. The first-order valence-corrected chi connectivity index (χ1v) is 7.59. The zero-order valence-electron chi connectivity index (χ0n) is 12.3. The highest BCUT2D eigenvalue weighted by atomic mass is 15.4. The fourth-order valence-electron chi connectivity index (χ4n) is 2.95. The molecule has 0 unspecified atom stereocenters. The Balaban J connectivity index is 1.60. The molecule has 0 aliphatic carbocycles. The summed E-state index contributed by atoms with van der Waals surface area (Å²) in [5.41, 5.74) is 7.13. The topological polar surface area (TPSA) is 30.5 Å². The van der Waals surface area contributed by atoms with Crippen molar-refractivity contribution in [1.82, 2.24) is 20.7 Å². The first kappa shape index (κ1) is 14.3. The molecule has 4 heteroatoms. The van der Waals surface area contributed by atoms with E-state index >= 15 is 0 Å². The predicted octanol–water partition coefficient (Wildman–Crippen LogP) is 1.05. The van der Waals surface area contributed by atoms with Gasteiger partial charge in [0.15, 0.2) is 0 Å². The van der Waals surface area contributed by atoms with E-state index in [0.717, 1.165) is 0 Å². The van der Waals surface area contributed by atoms with Crippen LogP contribution in [0.5, 0.6) is 0 Å². The van der Waals surface area contributed by atoms with E-state index in [4.69, 9.17) is 0 Å². The molecule has 0 bridgehead atoms. The van der Waals surface area contributed by atoms with Crippen molar-refractivity contribution in [1.29, 1.82) is 0 Å². The molecule has 0 aromatic carbocycles. The molecule has 18 heavy (non-hydrogen) atoms. The molecule has 4 nitrogen and oxygen atoms in total. The van der Waals surface area contributed by atoms with Crippen molar-refractivity contribution < 1.29 is 0 Å². The molecule has 0 aromatic rings. The number of likely N-dealkylation sites (tertiary alicyclic amines) is 2. The zero-order chi connectivity index (χ0) is 13.0. The highest BCUT2D eigenvalue weighted by Gasteiger charge is 2.22. The maximum atomic E-state index is 3.57. The predicted molar refractivity (Wildman–Crippen MR) is 76.5 cm³/mol. The number of nitrogens with one attached hydrogen (secondary N) is 2. The third-order valence-corrected chi connectivity index (χ3v) is 4.47. The van der Waals surface area contributed by atoms with E-state index in [9.17, 15) is 0 Å². The van der Waals surface area contributed by atoms with Crippen LogP contribution >= 0.6 is 0 Å². The van der Waals surface area contributed by atoms with Crippen LogP contribution in [0.2, 0.25) is 0 Å². The van der Waals surface area contributed by atoms with Crippen LogP contribution in [0.25, 0.3) is 0 Å². The number of nitrogens with zero attached hydrogens (tertiary/aromatic N) is 2. The highest BCUT2D eigenvalue weighted by molar-refractivity contribution is 4.80. The minimum atomic E-state index is 0.666. The SMILES string of the molecule is CC(C)N1CCC(NNC2CCN(C)CC2)CC1. The standard InChI is InChI=1S/C14H30N4/c1-12(2)18-10-6-14(7-11-18)16-15-13-4-8-17(3)9-5-13/h12-16H,4-11H2,1-3H3. The van der Waals surface area contributed by atoms with Crippen molar-refractivity contribution in [2.24, 2.45) is 0 Å². The van der Waals surface area contributed by atoms with Gasteiger partial charge in [0, 0.05) is 18.1 Å².